The maximum atomic E-state index is 12.1. The van der Waals surface area contributed by atoms with Crippen LogP contribution in [0.2, 0.25) is 0 Å². The number of ether oxygens (including phenoxy) is 3. The number of aromatic nitrogens is 4. The van der Waals surface area contributed by atoms with E-state index < -0.39 is 0 Å². The molecule has 9 nitrogen and oxygen atoms in total. The summed E-state index contributed by atoms with van der Waals surface area (Å²) in [6.07, 6.45) is 8.63. The lowest BCUT2D eigenvalue weighted by molar-refractivity contribution is -0.111. The van der Waals surface area contributed by atoms with E-state index in [1.165, 1.54) is 26.5 Å². The monoisotopic (exact) mass is 375 g/mol. The third-order valence-corrected chi connectivity index (χ3v) is 3.94. The largest absolute Gasteiger partial charge is 0.480 e. The van der Waals surface area contributed by atoms with Gasteiger partial charge in [-0.25, -0.2) is 4.98 Å². The van der Waals surface area contributed by atoms with Gasteiger partial charge in [0.2, 0.25) is 11.8 Å². The molecule has 146 valence electrons. The van der Waals surface area contributed by atoms with Crippen LogP contribution in [0.3, 0.4) is 0 Å². The van der Waals surface area contributed by atoms with Crippen molar-refractivity contribution in [2.75, 3.05) is 26.6 Å². The minimum absolute atomic E-state index is 0.192. The molecule has 2 heterocycles. The van der Waals surface area contributed by atoms with Crippen molar-refractivity contribution in [1.29, 1.82) is 0 Å². The minimum atomic E-state index is -0.301. The van der Waals surface area contributed by atoms with Gasteiger partial charge in [-0.05, 0) is 26.3 Å². The van der Waals surface area contributed by atoms with Crippen molar-refractivity contribution in [3.8, 4) is 11.9 Å². The predicted octanol–water partition coefficient (Wildman–Crippen LogP) is 2.16. The van der Waals surface area contributed by atoms with E-state index in [9.17, 15) is 4.79 Å². The van der Waals surface area contributed by atoms with Crippen LogP contribution in [-0.2, 0) is 16.1 Å². The Kier molecular flexibility index (Phi) is 6.89. The lowest BCUT2D eigenvalue weighted by Gasteiger charge is -2.22. The van der Waals surface area contributed by atoms with Crippen molar-refractivity contribution in [2.24, 2.45) is 0 Å². The van der Waals surface area contributed by atoms with Crippen LogP contribution in [0.15, 0.2) is 24.7 Å². The van der Waals surface area contributed by atoms with Crippen LogP contribution in [0, 0.1) is 0 Å². The Morgan fingerprint density at radius 2 is 2.04 bits per heavy atom. The maximum absolute atomic E-state index is 12.1. The first kappa shape index (κ1) is 20.4. The summed E-state index contributed by atoms with van der Waals surface area (Å²) in [7, 11) is 4.64. The number of carbonyl (C=O) groups excluding carboxylic acids is 1. The predicted molar refractivity (Wildman–Crippen MR) is 101 cm³/mol. The maximum Gasteiger partial charge on any atom is 0.319 e. The van der Waals surface area contributed by atoms with Crippen LogP contribution in [0.5, 0.6) is 11.9 Å². The van der Waals surface area contributed by atoms with Gasteiger partial charge in [-0.3, -0.25) is 9.48 Å². The molecule has 2 aromatic rings. The van der Waals surface area contributed by atoms with Crippen LogP contribution < -0.4 is 14.8 Å². The average Bonchev–Trinajstić information content (AvgIpc) is 3.12. The Morgan fingerprint density at radius 1 is 1.26 bits per heavy atom. The van der Waals surface area contributed by atoms with Gasteiger partial charge in [0.25, 0.3) is 0 Å². The topological polar surface area (TPSA) is 100 Å². The number of methoxy groups -OCH3 is 3. The number of nitrogens with zero attached hydrogens (tertiary/aromatic N) is 4. The normalized spacial score (nSPS) is 11.6. The lowest BCUT2D eigenvalue weighted by atomic mass is 10.1. The number of rotatable bonds is 9. The molecule has 2 aromatic heterocycles. The summed E-state index contributed by atoms with van der Waals surface area (Å²) in [5, 5.41) is 7.00. The Labute approximate surface area is 158 Å². The molecule has 1 N–H and O–H groups in total. The molecule has 1 amide bonds. The molecule has 0 fully saturated rings. The van der Waals surface area contributed by atoms with Gasteiger partial charge in [0, 0.05) is 32.1 Å². The van der Waals surface area contributed by atoms with Crippen molar-refractivity contribution in [1.82, 2.24) is 19.7 Å². The van der Waals surface area contributed by atoms with Crippen molar-refractivity contribution >= 4 is 17.7 Å². The molecule has 0 saturated carbocycles. The number of hydrogen-bond acceptors (Lipinski definition) is 7. The second-order valence-corrected chi connectivity index (χ2v) is 6.35. The van der Waals surface area contributed by atoms with E-state index in [0.29, 0.717) is 23.7 Å². The standard InChI is InChI=1S/C18H25N5O4/c1-18(2,27-5)8-9-23-12-14(11-20-23)21-15(24)7-6-13-10-19-17(26-4)22-16(13)25-3/h6-7,10-12H,8-9H2,1-5H3,(H,21,24)/b7-6+. The first-order valence-corrected chi connectivity index (χ1v) is 8.38. The van der Waals surface area contributed by atoms with Gasteiger partial charge < -0.3 is 19.5 Å². The van der Waals surface area contributed by atoms with Crippen LogP contribution in [0.1, 0.15) is 25.8 Å². The van der Waals surface area contributed by atoms with Crippen LogP contribution in [0.25, 0.3) is 6.08 Å². The fourth-order valence-corrected chi connectivity index (χ4v) is 2.12. The minimum Gasteiger partial charge on any atom is -0.480 e. The average molecular weight is 375 g/mol. The molecule has 0 spiro atoms. The molecule has 0 aliphatic rings. The van der Waals surface area contributed by atoms with E-state index >= 15 is 0 Å². The first-order valence-electron chi connectivity index (χ1n) is 8.38. The van der Waals surface area contributed by atoms with Gasteiger partial charge in [-0.2, -0.15) is 10.1 Å². The third kappa shape index (κ3) is 6.07. The van der Waals surface area contributed by atoms with Gasteiger partial charge in [0.05, 0.1) is 37.3 Å². The van der Waals surface area contributed by atoms with Crippen molar-refractivity contribution in [3.05, 3.63) is 30.2 Å². The van der Waals surface area contributed by atoms with E-state index in [-0.39, 0.29) is 17.5 Å². The summed E-state index contributed by atoms with van der Waals surface area (Å²) < 4.78 is 17.3. The molecule has 0 aromatic carbocycles. The zero-order valence-corrected chi connectivity index (χ0v) is 16.2. The summed E-state index contributed by atoms with van der Waals surface area (Å²) >= 11 is 0. The highest BCUT2D eigenvalue weighted by Crippen LogP contribution is 2.19. The van der Waals surface area contributed by atoms with Gasteiger partial charge in [-0.1, -0.05) is 0 Å². The SMILES string of the molecule is COc1ncc(/C=C/C(=O)Nc2cnn(CCC(C)(C)OC)c2)c(OC)n1. The zero-order valence-electron chi connectivity index (χ0n) is 16.2. The number of nitrogens with one attached hydrogen (secondary N) is 1. The molecule has 0 aliphatic heterocycles. The highest BCUT2D eigenvalue weighted by molar-refractivity contribution is 6.01. The summed E-state index contributed by atoms with van der Waals surface area (Å²) in [6.45, 7) is 4.72. The number of hydrogen-bond donors (Lipinski definition) is 1. The zero-order chi connectivity index (χ0) is 19.9. The molecular weight excluding hydrogens is 350 g/mol. The van der Waals surface area contributed by atoms with E-state index in [2.05, 4.69) is 20.4 Å². The highest BCUT2D eigenvalue weighted by atomic mass is 16.5. The Hall–Kier alpha value is -2.94. The summed E-state index contributed by atoms with van der Waals surface area (Å²) in [6, 6.07) is 0.192. The Morgan fingerprint density at radius 3 is 2.70 bits per heavy atom. The van der Waals surface area contributed by atoms with E-state index in [0.717, 1.165) is 6.42 Å². The van der Waals surface area contributed by atoms with Crippen LogP contribution >= 0.6 is 0 Å². The van der Waals surface area contributed by atoms with Gasteiger partial charge in [0.1, 0.15) is 0 Å². The number of anilines is 1. The molecule has 0 atom stereocenters. The second-order valence-electron chi connectivity index (χ2n) is 6.35. The quantitative estimate of drug-likeness (QED) is 0.670. The van der Waals surface area contributed by atoms with Gasteiger partial charge >= 0.3 is 6.01 Å². The molecule has 2 rings (SSSR count). The molecule has 27 heavy (non-hydrogen) atoms. The van der Waals surface area contributed by atoms with E-state index in [1.54, 1.807) is 30.3 Å². The first-order chi connectivity index (χ1) is 12.9. The van der Waals surface area contributed by atoms with Gasteiger partial charge in [0.15, 0.2) is 0 Å². The smallest absolute Gasteiger partial charge is 0.319 e. The Bertz CT molecular complexity index is 801. The fraction of sp³-hybridized carbons (Fsp3) is 0.444. The van der Waals surface area contributed by atoms with E-state index in [1.807, 2.05) is 13.8 Å². The van der Waals surface area contributed by atoms with E-state index in [4.69, 9.17) is 14.2 Å². The molecule has 0 unspecified atom stereocenters. The van der Waals surface area contributed by atoms with Crippen molar-refractivity contribution in [3.63, 3.8) is 0 Å². The highest BCUT2D eigenvalue weighted by Gasteiger charge is 2.16. The lowest BCUT2D eigenvalue weighted by Crippen LogP contribution is -2.24. The van der Waals surface area contributed by atoms with Crippen LogP contribution in [-0.4, -0.2) is 52.6 Å². The van der Waals surface area contributed by atoms with Crippen molar-refractivity contribution in [2.45, 2.75) is 32.4 Å². The summed E-state index contributed by atoms with van der Waals surface area (Å²) in [5.41, 5.74) is 0.946. The molecule has 0 saturated heterocycles. The summed E-state index contributed by atoms with van der Waals surface area (Å²) in [5.74, 6) is 0.0177. The van der Waals surface area contributed by atoms with Gasteiger partial charge in [-0.15, -0.1) is 0 Å². The number of carbonyl (C=O) groups is 1. The second kappa shape index (κ2) is 9.13. The molecule has 0 radical (unpaired) electrons. The third-order valence-electron chi connectivity index (χ3n) is 3.94. The van der Waals surface area contributed by atoms with Crippen LogP contribution in [0.4, 0.5) is 5.69 Å². The molecular formula is C18H25N5O4. The van der Waals surface area contributed by atoms with Crippen molar-refractivity contribution < 1.29 is 19.0 Å². The molecule has 9 heteroatoms. The number of aryl methyl sites for hydroxylation is 1. The molecule has 0 aliphatic carbocycles. The Balaban J connectivity index is 1.95. The number of amides is 1. The molecule has 0 bridgehead atoms. The summed E-state index contributed by atoms with van der Waals surface area (Å²) in [4.78, 5) is 20.2. The fourth-order valence-electron chi connectivity index (χ4n) is 2.12.